The normalized spacial score (nSPS) is 31.8. The van der Waals surface area contributed by atoms with Gasteiger partial charge in [-0.3, -0.25) is 19.3 Å². The Morgan fingerprint density at radius 1 is 1.11 bits per heavy atom. The number of ether oxygens (including phenoxy) is 2. The number of amides is 2. The average Bonchev–Trinajstić information content (AvgIpc) is 3.61. The van der Waals surface area contributed by atoms with Crippen molar-refractivity contribution < 1.29 is 29.0 Å². The van der Waals surface area contributed by atoms with Gasteiger partial charge in [0.05, 0.1) is 31.1 Å². The Balaban J connectivity index is 1.43. The number of hydrogen-bond acceptors (Lipinski definition) is 8. The monoisotopic (exact) mass is 558 g/mol. The minimum absolute atomic E-state index is 0.0216. The molecule has 38 heavy (non-hydrogen) atoms. The largest absolute Gasteiger partial charge is 0.493 e. The lowest BCUT2D eigenvalue weighted by molar-refractivity contribution is -0.156. The summed E-state index contributed by atoms with van der Waals surface area (Å²) in [6, 6.07) is 4.62. The first-order valence-corrected chi connectivity index (χ1v) is 14.6. The van der Waals surface area contributed by atoms with E-state index in [2.05, 4.69) is 4.98 Å². The molecular weight excluding hydrogens is 528 g/mol. The van der Waals surface area contributed by atoms with Gasteiger partial charge in [0.25, 0.3) is 0 Å². The number of carbonyl (C=O) groups is 3. The third-order valence-corrected chi connectivity index (χ3v) is 11.4. The summed E-state index contributed by atoms with van der Waals surface area (Å²) < 4.78 is 11.0. The second kappa shape index (κ2) is 9.15. The number of thiazole rings is 1. The molecule has 0 radical (unpaired) electrons. The minimum Gasteiger partial charge on any atom is -0.493 e. The Hall–Kier alpha value is -2.79. The Morgan fingerprint density at radius 2 is 1.79 bits per heavy atom. The first kappa shape index (κ1) is 25.5. The third-order valence-electron chi connectivity index (χ3n) is 8.82. The highest BCUT2D eigenvalue weighted by atomic mass is 32.2. The molecule has 2 amide bonds. The molecule has 2 aromatic rings. The van der Waals surface area contributed by atoms with Crippen molar-refractivity contribution in [3.05, 3.63) is 38.3 Å². The standard InChI is InChI=1S/C27H30N2O7S2/c1-10(2)7-14(26(32)33)29-24(30)19-12-9-13(20(19)25(29)31)21-18(12)17(22-23(37-21)28-27(34)38-22)11-5-6-15(35-3)16(8-11)36-4/h5-6,8,10,12-14,17-21H,7,9H2,1-4H3,(H,28,34)(H,32,33)/t12-,13-,14+,17-,18-,19+,20+,21-/m1/s1. The first-order chi connectivity index (χ1) is 18.2. The lowest BCUT2D eigenvalue weighted by atomic mass is 9.68. The zero-order chi connectivity index (χ0) is 27.0. The number of benzene rings is 1. The first-order valence-electron chi connectivity index (χ1n) is 12.9. The van der Waals surface area contributed by atoms with E-state index >= 15 is 0 Å². The molecule has 8 atom stereocenters. The summed E-state index contributed by atoms with van der Waals surface area (Å²) in [6.45, 7) is 3.78. The molecule has 1 aromatic heterocycles. The highest BCUT2D eigenvalue weighted by Gasteiger charge is 2.70. The van der Waals surface area contributed by atoms with Crippen LogP contribution in [0.2, 0.25) is 0 Å². The number of carboxylic acids is 1. The molecule has 2 bridgehead atoms. The predicted molar refractivity (Wildman–Crippen MR) is 141 cm³/mol. The molecule has 11 heteroatoms. The van der Waals surface area contributed by atoms with Gasteiger partial charge in [-0.05, 0) is 54.2 Å². The van der Waals surface area contributed by atoms with E-state index in [0.29, 0.717) is 11.5 Å². The van der Waals surface area contributed by atoms with Gasteiger partial charge in [-0.1, -0.05) is 31.3 Å². The molecule has 4 aliphatic rings. The van der Waals surface area contributed by atoms with Crippen molar-refractivity contribution >= 4 is 40.9 Å². The molecule has 0 spiro atoms. The maximum Gasteiger partial charge on any atom is 0.326 e. The third kappa shape index (κ3) is 3.57. The van der Waals surface area contributed by atoms with Crippen LogP contribution in [-0.2, 0) is 14.4 Å². The number of methoxy groups -OCH3 is 2. The van der Waals surface area contributed by atoms with Gasteiger partial charge in [0.1, 0.15) is 6.04 Å². The smallest absolute Gasteiger partial charge is 0.326 e. The van der Waals surface area contributed by atoms with Gasteiger partial charge >= 0.3 is 10.8 Å². The van der Waals surface area contributed by atoms with E-state index < -0.39 is 23.8 Å². The van der Waals surface area contributed by atoms with E-state index in [-0.39, 0.29) is 57.9 Å². The van der Waals surface area contributed by atoms with Crippen molar-refractivity contribution in [3.63, 3.8) is 0 Å². The Labute approximate surface area is 227 Å². The maximum absolute atomic E-state index is 13.8. The molecular formula is C27H30N2O7S2. The summed E-state index contributed by atoms with van der Waals surface area (Å²) >= 11 is 2.80. The van der Waals surface area contributed by atoms with Gasteiger partial charge < -0.3 is 19.6 Å². The van der Waals surface area contributed by atoms with Crippen LogP contribution in [0.3, 0.4) is 0 Å². The number of nitrogens with one attached hydrogen (secondary N) is 1. The second-order valence-electron chi connectivity index (χ2n) is 11.1. The number of hydrogen-bond donors (Lipinski definition) is 2. The van der Waals surface area contributed by atoms with Crippen LogP contribution in [0, 0.1) is 35.5 Å². The highest BCUT2D eigenvalue weighted by molar-refractivity contribution is 8.00. The molecule has 202 valence electrons. The van der Waals surface area contributed by atoms with Crippen LogP contribution in [0.4, 0.5) is 0 Å². The van der Waals surface area contributed by atoms with E-state index in [9.17, 15) is 24.3 Å². The fourth-order valence-corrected chi connectivity index (χ4v) is 10.4. The van der Waals surface area contributed by atoms with Gasteiger partial charge in [-0.25, -0.2) is 4.79 Å². The SMILES string of the molecule is COc1ccc([C@H]2c3sc(=O)[nH]c3S[C@@H]3[C@@H]4C[C@@H]([C@@H]5C(=O)N([C@@H](CC(C)C)C(=O)O)C(=O)[C@@H]45)[C@H]23)cc1OC. The van der Waals surface area contributed by atoms with E-state index in [0.717, 1.165) is 26.8 Å². The number of imide groups is 1. The number of thioether (sulfide) groups is 1. The maximum atomic E-state index is 13.8. The molecule has 6 rings (SSSR count). The van der Waals surface area contributed by atoms with Gasteiger partial charge in [0.2, 0.25) is 11.8 Å². The molecule has 3 heterocycles. The van der Waals surface area contributed by atoms with Crippen LogP contribution in [0.5, 0.6) is 11.5 Å². The van der Waals surface area contributed by atoms with Gasteiger partial charge in [0, 0.05) is 16.0 Å². The molecule has 1 aromatic carbocycles. The Morgan fingerprint density at radius 3 is 2.42 bits per heavy atom. The van der Waals surface area contributed by atoms with Crippen LogP contribution >= 0.6 is 23.1 Å². The van der Waals surface area contributed by atoms with Gasteiger partial charge in [-0.15, -0.1) is 11.8 Å². The summed E-state index contributed by atoms with van der Waals surface area (Å²) in [4.78, 5) is 57.0. The number of fused-ring (bicyclic) bond motifs is 9. The second-order valence-corrected chi connectivity index (χ2v) is 13.3. The number of aliphatic carboxylic acids is 1. The van der Waals surface area contributed by atoms with E-state index in [1.807, 2.05) is 32.0 Å². The Kier molecular flexibility index (Phi) is 6.14. The number of likely N-dealkylation sites (tertiary alicyclic amines) is 1. The number of aromatic nitrogens is 1. The van der Waals surface area contributed by atoms with Gasteiger partial charge in [0.15, 0.2) is 11.5 Å². The van der Waals surface area contributed by atoms with Crippen molar-refractivity contribution in [1.29, 1.82) is 0 Å². The highest BCUT2D eigenvalue weighted by Crippen LogP contribution is 2.68. The van der Waals surface area contributed by atoms with E-state index in [1.54, 1.807) is 26.0 Å². The fraction of sp³-hybridized carbons (Fsp3) is 0.556. The molecule has 3 fully saturated rings. The van der Waals surface area contributed by atoms with Crippen molar-refractivity contribution in [2.24, 2.45) is 35.5 Å². The number of carboxylic acid groups (broad SMARTS) is 1. The van der Waals surface area contributed by atoms with Crippen LogP contribution in [-0.4, -0.2) is 58.3 Å². The van der Waals surface area contributed by atoms with Crippen molar-refractivity contribution in [1.82, 2.24) is 9.88 Å². The molecule has 2 saturated carbocycles. The zero-order valence-electron chi connectivity index (χ0n) is 21.5. The minimum atomic E-state index is -1.14. The number of rotatable bonds is 7. The van der Waals surface area contributed by atoms with Crippen LogP contribution in [0.25, 0.3) is 0 Å². The average molecular weight is 559 g/mol. The number of carbonyl (C=O) groups excluding carboxylic acids is 2. The van der Waals surface area contributed by atoms with E-state index in [1.165, 1.54) is 11.3 Å². The summed E-state index contributed by atoms with van der Waals surface area (Å²) in [6.07, 6.45) is 0.976. The quantitative estimate of drug-likeness (QED) is 0.495. The molecule has 0 unspecified atom stereocenters. The van der Waals surface area contributed by atoms with Crippen molar-refractivity contribution in [2.45, 2.75) is 48.9 Å². The molecule has 2 N–H and O–H groups in total. The molecule has 1 saturated heterocycles. The summed E-state index contributed by atoms with van der Waals surface area (Å²) in [5.41, 5.74) is 0.968. The van der Waals surface area contributed by atoms with Crippen molar-refractivity contribution in [2.75, 3.05) is 14.2 Å². The summed E-state index contributed by atoms with van der Waals surface area (Å²) in [5, 5.41) is 10.8. The summed E-state index contributed by atoms with van der Waals surface area (Å²) in [5.74, 6) is -1.92. The topological polar surface area (TPSA) is 126 Å². The number of H-pyrrole nitrogens is 1. The van der Waals surface area contributed by atoms with E-state index in [4.69, 9.17) is 9.47 Å². The van der Waals surface area contributed by atoms with Crippen LogP contribution in [0.1, 0.15) is 43.0 Å². The van der Waals surface area contributed by atoms with Gasteiger partial charge in [-0.2, -0.15) is 0 Å². The lowest BCUT2D eigenvalue weighted by Crippen LogP contribution is -2.47. The van der Waals surface area contributed by atoms with Crippen LogP contribution < -0.4 is 14.3 Å². The zero-order valence-corrected chi connectivity index (χ0v) is 23.1. The molecule has 2 aliphatic heterocycles. The fourth-order valence-electron chi connectivity index (χ4n) is 7.53. The lowest BCUT2D eigenvalue weighted by Gasteiger charge is -2.43. The van der Waals surface area contributed by atoms with Crippen molar-refractivity contribution in [3.8, 4) is 11.5 Å². The van der Waals surface area contributed by atoms with Crippen LogP contribution in [0.15, 0.2) is 28.0 Å². The number of nitrogens with zero attached hydrogens (tertiary/aromatic N) is 1. The molecule has 2 aliphatic carbocycles. The number of aromatic amines is 1. The Bertz CT molecular complexity index is 1380. The predicted octanol–water partition coefficient (Wildman–Crippen LogP) is 3.43. The summed E-state index contributed by atoms with van der Waals surface area (Å²) in [7, 11) is 3.16. The molecule has 9 nitrogen and oxygen atoms in total.